The summed E-state index contributed by atoms with van der Waals surface area (Å²) in [4.78, 5) is 9.98. The fourth-order valence-corrected chi connectivity index (χ4v) is 4.84. The van der Waals surface area contributed by atoms with Gasteiger partial charge in [-0.25, -0.2) is 0 Å². The van der Waals surface area contributed by atoms with E-state index in [2.05, 4.69) is 71.1 Å². The van der Waals surface area contributed by atoms with Crippen molar-refractivity contribution in [3.63, 3.8) is 0 Å². The van der Waals surface area contributed by atoms with E-state index in [1.165, 1.54) is 24.3 Å². The van der Waals surface area contributed by atoms with Crippen LogP contribution in [0.3, 0.4) is 0 Å². The molecule has 0 saturated carbocycles. The number of hydrogen-bond acceptors (Lipinski definition) is 3. The Balaban J connectivity index is 0.00000243. The van der Waals surface area contributed by atoms with Gasteiger partial charge >= 0.3 is 0 Å². The molecule has 0 spiro atoms. The van der Waals surface area contributed by atoms with E-state index < -0.39 is 0 Å². The Kier molecular flexibility index (Phi) is 9.39. The van der Waals surface area contributed by atoms with Crippen molar-refractivity contribution in [2.45, 2.75) is 31.9 Å². The molecule has 0 aliphatic carbocycles. The van der Waals surface area contributed by atoms with Gasteiger partial charge in [0.05, 0.1) is 0 Å². The number of rotatable bonds is 5. The molecular weight excluding hydrogens is 455 g/mol. The van der Waals surface area contributed by atoms with Gasteiger partial charge in [0.1, 0.15) is 0 Å². The molecule has 0 aromatic heterocycles. The summed E-state index contributed by atoms with van der Waals surface area (Å²) in [6.07, 6.45) is 2.49. The van der Waals surface area contributed by atoms with Crippen LogP contribution in [-0.4, -0.2) is 61.1 Å². The standard InChI is InChI=1S/C20H32N4S.HI/c1-3-19-16-24(12-13-25-19)20(21-4-2)22-14-17-10-11-23(15-17)18-8-6-5-7-9-18;/h5-9,17,19H,3-4,10-16H2,1-2H3,(H,21,22);1H. The number of halogens is 1. The Hall–Kier alpha value is -0.630. The Morgan fingerprint density at radius 3 is 2.73 bits per heavy atom. The SMILES string of the molecule is CCNC(=NCC1CCN(c2ccccc2)C1)N1CCSC(CC)C1.I. The summed E-state index contributed by atoms with van der Waals surface area (Å²) in [6, 6.07) is 10.8. The minimum absolute atomic E-state index is 0. The van der Waals surface area contributed by atoms with Crippen molar-refractivity contribution in [1.82, 2.24) is 10.2 Å². The number of thioether (sulfide) groups is 1. The molecule has 2 fully saturated rings. The summed E-state index contributed by atoms with van der Waals surface area (Å²) >= 11 is 2.11. The van der Waals surface area contributed by atoms with E-state index >= 15 is 0 Å². The summed E-state index contributed by atoms with van der Waals surface area (Å²) in [5, 5.41) is 4.26. The van der Waals surface area contributed by atoms with Crippen LogP contribution in [-0.2, 0) is 0 Å². The average molecular weight is 488 g/mol. The Morgan fingerprint density at radius 1 is 1.19 bits per heavy atom. The largest absolute Gasteiger partial charge is 0.371 e. The third kappa shape index (κ3) is 5.94. The molecule has 4 nitrogen and oxygen atoms in total. The maximum Gasteiger partial charge on any atom is 0.193 e. The number of benzene rings is 1. The minimum Gasteiger partial charge on any atom is -0.371 e. The topological polar surface area (TPSA) is 30.9 Å². The molecule has 3 rings (SSSR count). The number of nitrogens with zero attached hydrogens (tertiary/aromatic N) is 3. The molecule has 1 N–H and O–H groups in total. The zero-order valence-corrected chi connectivity index (χ0v) is 19.2. The van der Waals surface area contributed by atoms with Crippen molar-refractivity contribution in [3.05, 3.63) is 30.3 Å². The Bertz CT molecular complexity index is 554. The van der Waals surface area contributed by atoms with Crippen molar-refractivity contribution >= 4 is 47.4 Å². The third-order valence-electron chi connectivity index (χ3n) is 5.13. The summed E-state index contributed by atoms with van der Waals surface area (Å²) in [6.45, 7) is 10.9. The van der Waals surface area contributed by atoms with Gasteiger partial charge in [0, 0.05) is 56.0 Å². The number of guanidine groups is 1. The van der Waals surface area contributed by atoms with Crippen LogP contribution < -0.4 is 10.2 Å². The minimum atomic E-state index is 0. The maximum atomic E-state index is 5.01. The first-order valence-corrected chi connectivity index (χ1v) is 10.8. The predicted molar refractivity (Wildman–Crippen MR) is 126 cm³/mol. The number of para-hydroxylation sites is 1. The fraction of sp³-hybridized carbons (Fsp3) is 0.650. The molecule has 0 bridgehead atoms. The van der Waals surface area contributed by atoms with Crippen LogP contribution in [0.1, 0.15) is 26.7 Å². The summed E-state index contributed by atoms with van der Waals surface area (Å²) in [7, 11) is 0. The molecule has 2 saturated heterocycles. The van der Waals surface area contributed by atoms with Gasteiger partial charge in [0.15, 0.2) is 5.96 Å². The number of nitrogens with one attached hydrogen (secondary N) is 1. The van der Waals surface area contributed by atoms with E-state index in [0.29, 0.717) is 5.92 Å². The van der Waals surface area contributed by atoms with Crippen molar-refractivity contribution in [2.24, 2.45) is 10.9 Å². The lowest BCUT2D eigenvalue weighted by Gasteiger charge is -2.34. The van der Waals surface area contributed by atoms with E-state index in [-0.39, 0.29) is 24.0 Å². The normalized spacial score (nSPS) is 23.7. The van der Waals surface area contributed by atoms with Gasteiger partial charge in [-0.15, -0.1) is 24.0 Å². The van der Waals surface area contributed by atoms with Gasteiger partial charge in [-0.3, -0.25) is 4.99 Å². The van der Waals surface area contributed by atoms with Gasteiger partial charge in [-0.05, 0) is 37.8 Å². The predicted octanol–water partition coefficient (Wildman–Crippen LogP) is 3.92. The van der Waals surface area contributed by atoms with Gasteiger partial charge in [-0.1, -0.05) is 25.1 Å². The molecule has 146 valence electrons. The number of aliphatic imine (C=N–C) groups is 1. The second kappa shape index (κ2) is 11.3. The van der Waals surface area contributed by atoms with E-state index in [9.17, 15) is 0 Å². The van der Waals surface area contributed by atoms with Crippen LogP contribution in [0.5, 0.6) is 0 Å². The van der Waals surface area contributed by atoms with E-state index in [1.807, 2.05) is 0 Å². The van der Waals surface area contributed by atoms with E-state index in [0.717, 1.165) is 50.5 Å². The van der Waals surface area contributed by atoms with Gasteiger partial charge in [0.25, 0.3) is 0 Å². The van der Waals surface area contributed by atoms with Crippen LogP contribution in [0.2, 0.25) is 0 Å². The molecule has 2 aliphatic rings. The van der Waals surface area contributed by atoms with Crippen LogP contribution >= 0.6 is 35.7 Å². The molecule has 1 aromatic carbocycles. The van der Waals surface area contributed by atoms with Gasteiger partial charge in [-0.2, -0.15) is 11.8 Å². The first kappa shape index (κ1) is 21.7. The van der Waals surface area contributed by atoms with Crippen molar-refractivity contribution in [2.75, 3.05) is 49.9 Å². The smallest absolute Gasteiger partial charge is 0.193 e. The monoisotopic (exact) mass is 488 g/mol. The van der Waals surface area contributed by atoms with E-state index in [4.69, 9.17) is 4.99 Å². The Labute approximate surface area is 180 Å². The fourth-order valence-electron chi connectivity index (χ4n) is 3.66. The molecule has 6 heteroatoms. The Morgan fingerprint density at radius 2 is 2.00 bits per heavy atom. The molecule has 26 heavy (non-hydrogen) atoms. The van der Waals surface area contributed by atoms with Crippen LogP contribution in [0, 0.1) is 5.92 Å². The summed E-state index contributed by atoms with van der Waals surface area (Å²) < 4.78 is 0. The van der Waals surface area contributed by atoms with Crippen molar-refractivity contribution < 1.29 is 0 Å². The molecular formula is C20H33IN4S. The highest BCUT2D eigenvalue weighted by Gasteiger charge is 2.24. The zero-order valence-electron chi connectivity index (χ0n) is 16.1. The molecule has 2 heterocycles. The molecule has 2 unspecified atom stereocenters. The van der Waals surface area contributed by atoms with Gasteiger partial charge < -0.3 is 15.1 Å². The lowest BCUT2D eigenvalue weighted by molar-refractivity contribution is 0.406. The lowest BCUT2D eigenvalue weighted by Crippen LogP contribution is -2.48. The molecule has 0 radical (unpaired) electrons. The third-order valence-corrected chi connectivity index (χ3v) is 6.51. The summed E-state index contributed by atoms with van der Waals surface area (Å²) in [5.74, 6) is 3.00. The highest BCUT2D eigenvalue weighted by atomic mass is 127. The first-order valence-electron chi connectivity index (χ1n) is 9.75. The average Bonchev–Trinajstić information content (AvgIpc) is 3.15. The van der Waals surface area contributed by atoms with Crippen molar-refractivity contribution in [1.29, 1.82) is 0 Å². The first-order chi connectivity index (χ1) is 12.3. The van der Waals surface area contributed by atoms with Crippen LogP contribution in [0.25, 0.3) is 0 Å². The second-order valence-corrected chi connectivity index (χ2v) is 8.39. The molecule has 0 amide bonds. The van der Waals surface area contributed by atoms with Crippen LogP contribution in [0.4, 0.5) is 5.69 Å². The highest BCUT2D eigenvalue weighted by Crippen LogP contribution is 2.24. The molecule has 2 atom stereocenters. The number of hydrogen-bond donors (Lipinski definition) is 1. The maximum absolute atomic E-state index is 5.01. The zero-order chi connectivity index (χ0) is 17.5. The summed E-state index contributed by atoms with van der Waals surface area (Å²) in [5.41, 5.74) is 1.35. The highest BCUT2D eigenvalue weighted by molar-refractivity contribution is 14.0. The quantitative estimate of drug-likeness (QED) is 0.387. The molecule has 1 aromatic rings. The van der Waals surface area contributed by atoms with Crippen LogP contribution in [0.15, 0.2) is 35.3 Å². The van der Waals surface area contributed by atoms with E-state index in [1.54, 1.807) is 0 Å². The lowest BCUT2D eigenvalue weighted by atomic mass is 10.1. The van der Waals surface area contributed by atoms with Crippen molar-refractivity contribution in [3.8, 4) is 0 Å². The number of anilines is 1. The van der Waals surface area contributed by atoms with Gasteiger partial charge in [0.2, 0.25) is 0 Å². The second-order valence-electron chi connectivity index (χ2n) is 6.98. The molecule has 2 aliphatic heterocycles.